The quantitative estimate of drug-likeness (QED) is 0.844. The van der Waals surface area contributed by atoms with Crippen molar-refractivity contribution in [1.29, 1.82) is 0 Å². The van der Waals surface area contributed by atoms with Crippen LogP contribution in [0.5, 0.6) is 0 Å². The van der Waals surface area contributed by atoms with Crippen LogP contribution in [0.3, 0.4) is 0 Å². The summed E-state index contributed by atoms with van der Waals surface area (Å²) in [5, 5.41) is 7.91. The zero-order chi connectivity index (χ0) is 13.0. The van der Waals surface area contributed by atoms with Gasteiger partial charge in [0, 0.05) is 12.6 Å². The third kappa shape index (κ3) is 3.55. The van der Waals surface area contributed by atoms with Crippen LogP contribution in [0, 0.1) is 11.8 Å². The molecule has 2 rings (SSSR count). The maximum Gasteiger partial charge on any atom is 0.140 e. The van der Waals surface area contributed by atoms with Crippen molar-refractivity contribution >= 4 is 0 Å². The molecule has 1 aliphatic carbocycles. The first-order valence-electron chi connectivity index (χ1n) is 7.27. The molecule has 0 radical (unpaired) electrons. The van der Waals surface area contributed by atoms with Gasteiger partial charge in [0.2, 0.25) is 0 Å². The molecule has 1 aliphatic rings. The molecule has 1 aromatic rings. The summed E-state index contributed by atoms with van der Waals surface area (Å²) in [6.07, 6.45) is 7.24. The molecule has 102 valence electrons. The molecule has 1 N–H and O–H groups in total. The van der Waals surface area contributed by atoms with Crippen molar-refractivity contribution in [2.24, 2.45) is 11.8 Å². The SMILES string of the molecule is CC(C)Cn1ncnc1CNC(C)C1CCCC1. The van der Waals surface area contributed by atoms with Gasteiger partial charge < -0.3 is 5.32 Å². The van der Waals surface area contributed by atoms with E-state index in [2.05, 4.69) is 36.2 Å². The summed E-state index contributed by atoms with van der Waals surface area (Å²) in [6, 6.07) is 0.594. The average Bonchev–Trinajstić information content (AvgIpc) is 2.95. The maximum atomic E-state index is 4.36. The Bertz CT molecular complexity index is 352. The fourth-order valence-electron chi connectivity index (χ4n) is 2.80. The molecule has 4 heteroatoms. The first kappa shape index (κ1) is 13.5. The minimum atomic E-state index is 0.594. The third-order valence-corrected chi connectivity index (χ3v) is 3.92. The predicted octanol–water partition coefficient (Wildman–Crippen LogP) is 2.60. The van der Waals surface area contributed by atoms with Gasteiger partial charge in [-0.1, -0.05) is 26.7 Å². The van der Waals surface area contributed by atoms with Crippen LogP contribution >= 0.6 is 0 Å². The predicted molar refractivity (Wildman–Crippen MR) is 73.1 cm³/mol. The van der Waals surface area contributed by atoms with Crippen LogP contribution < -0.4 is 5.32 Å². The summed E-state index contributed by atoms with van der Waals surface area (Å²) in [4.78, 5) is 4.36. The molecule has 1 unspecified atom stereocenters. The van der Waals surface area contributed by atoms with E-state index in [9.17, 15) is 0 Å². The van der Waals surface area contributed by atoms with Crippen molar-refractivity contribution in [3.63, 3.8) is 0 Å². The van der Waals surface area contributed by atoms with E-state index in [1.54, 1.807) is 6.33 Å². The zero-order valence-corrected chi connectivity index (χ0v) is 11.9. The Morgan fingerprint density at radius 3 is 2.72 bits per heavy atom. The lowest BCUT2D eigenvalue weighted by atomic mass is 10.00. The summed E-state index contributed by atoms with van der Waals surface area (Å²) < 4.78 is 2.03. The highest BCUT2D eigenvalue weighted by Crippen LogP contribution is 2.27. The minimum Gasteiger partial charge on any atom is -0.307 e. The third-order valence-electron chi connectivity index (χ3n) is 3.92. The molecular weight excluding hydrogens is 224 g/mol. The van der Waals surface area contributed by atoms with Crippen LogP contribution in [0.2, 0.25) is 0 Å². The summed E-state index contributed by atoms with van der Waals surface area (Å²) in [6.45, 7) is 8.51. The molecule has 0 aliphatic heterocycles. The van der Waals surface area contributed by atoms with Gasteiger partial charge in [0.25, 0.3) is 0 Å². The number of aromatic nitrogens is 3. The Labute approximate surface area is 110 Å². The maximum absolute atomic E-state index is 4.36. The number of hydrogen-bond donors (Lipinski definition) is 1. The summed E-state index contributed by atoms with van der Waals surface area (Å²) in [5.74, 6) is 2.53. The first-order valence-corrected chi connectivity index (χ1v) is 7.27. The van der Waals surface area contributed by atoms with Crippen LogP contribution in [0.15, 0.2) is 6.33 Å². The highest BCUT2D eigenvalue weighted by molar-refractivity contribution is 4.86. The lowest BCUT2D eigenvalue weighted by Crippen LogP contribution is -2.33. The van der Waals surface area contributed by atoms with Gasteiger partial charge in [-0.3, -0.25) is 0 Å². The second-order valence-corrected chi connectivity index (χ2v) is 5.97. The van der Waals surface area contributed by atoms with Gasteiger partial charge in [-0.25, -0.2) is 9.67 Å². The summed E-state index contributed by atoms with van der Waals surface area (Å²) in [7, 11) is 0. The Balaban J connectivity index is 1.83. The smallest absolute Gasteiger partial charge is 0.140 e. The van der Waals surface area contributed by atoms with Gasteiger partial charge in [0.15, 0.2) is 0 Å². The summed E-state index contributed by atoms with van der Waals surface area (Å²) >= 11 is 0. The van der Waals surface area contributed by atoms with Gasteiger partial charge in [-0.05, 0) is 31.6 Å². The van der Waals surface area contributed by atoms with E-state index in [4.69, 9.17) is 0 Å². The number of rotatable bonds is 6. The van der Waals surface area contributed by atoms with Crippen molar-refractivity contribution < 1.29 is 0 Å². The largest absolute Gasteiger partial charge is 0.307 e. The Morgan fingerprint density at radius 1 is 1.33 bits per heavy atom. The lowest BCUT2D eigenvalue weighted by molar-refractivity contribution is 0.368. The van der Waals surface area contributed by atoms with Gasteiger partial charge in [-0.2, -0.15) is 5.10 Å². The van der Waals surface area contributed by atoms with E-state index in [0.717, 1.165) is 24.8 Å². The molecule has 1 heterocycles. The minimum absolute atomic E-state index is 0.594. The molecule has 1 atom stereocenters. The molecular formula is C14H26N4. The van der Waals surface area contributed by atoms with E-state index in [1.165, 1.54) is 25.7 Å². The number of nitrogens with one attached hydrogen (secondary N) is 1. The van der Waals surface area contributed by atoms with Crippen LogP contribution in [0.1, 0.15) is 52.3 Å². The topological polar surface area (TPSA) is 42.7 Å². The molecule has 0 aromatic carbocycles. The van der Waals surface area contributed by atoms with Crippen LogP contribution in [-0.2, 0) is 13.1 Å². The average molecular weight is 250 g/mol. The van der Waals surface area contributed by atoms with Crippen LogP contribution in [0.25, 0.3) is 0 Å². The monoisotopic (exact) mass is 250 g/mol. The highest BCUT2D eigenvalue weighted by atomic mass is 15.3. The van der Waals surface area contributed by atoms with Gasteiger partial charge in [0.1, 0.15) is 12.2 Å². The summed E-state index contributed by atoms with van der Waals surface area (Å²) in [5.41, 5.74) is 0. The van der Waals surface area contributed by atoms with Crippen LogP contribution in [-0.4, -0.2) is 20.8 Å². The second kappa shape index (κ2) is 6.32. The molecule has 1 saturated carbocycles. The van der Waals surface area contributed by atoms with E-state index < -0.39 is 0 Å². The van der Waals surface area contributed by atoms with Gasteiger partial charge >= 0.3 is 0 Å². The van der Waals surface area contributed by atoms with Crippen molar-refractivity contribution in [3.05, 3.63) is 12.2 Å². The Kier molecular flexibility index (Phi) is 4.75. The Hall–Kier alpha value is -0.900. The van der Waals surface area contributed by atoms with E-state index in [-0.39, 0.29) is 0 Å². The van der Waals surface area contributed by atoms with Gasteiger partial charge in [0.05, 0.1) is 6.54 Å². The highest BCUT2D eigenvalue weighted by Gasteiger charge is 2.21. The van der Waals surface area contributed by atoms with Crippen molar-refractivity contribution in [1.82, 2.24) is 20.1 Å². The first-order chi connectivity index (χ1) is 8.66. The lowest BCUT2D eigenvalue weighted by Gasteiger charge is -2.20. The fraction of sp³-hybridized carbons (Fsp3) is 0.857. The van der Waals surface area contributed by atoms with E-state index in [0.29, 0.717) is 12.0 Å². The van der Waals surface area contributed by atoms with E-state index in [1.807, 2.05) is 4.68 Å². The molecule has 0 saturated heterocycles. The standard InChI is InChI=1S/C14H26N4/c1-11(2)9-18-14(16-10-17-18)8-15-12(3)13-6-4-5-7-13/h10-13,15H,4-9H2,1-3H3. The van der Waals surface area contributed by atoms with Gasteiger partial charge in [-0.15, -0.1) is 0 Å². The molecule has 1 aromatic heterocycles. The number of hydrogen-bond acceptors (Lipinski definition) is 3. The Morgan fingerprint density at radius 2 is 2.06 bits per heavy atom. The van der Waals surface area contributed by atoms with Crippen LogP contribution in [0.4, 0.5) is 0 Å². The van der Waals surface area contributed by atoms with Crippen molar-refractivity contribution in [2.45, 2.75) is 65.6 Å². The zero-order valence-electron chi connectivity index (χ0n) is 11.9. The molecule has 0 bridgehead atoms. The van der Waals surface area contributed by atoms with Crippen molar-refractivity contribution in [2.75, 3.05) is 0 Å². The normalized spacial score (nSPS) is 18.7. The molecule has 0 spiro atoms. The fourth-order valence-corrected chi connectivity index (χ4v) is 2.80. The molecule has 1 fully saturated rings. The van der Waals surface area contributed by atoms with E-state index >= 15 is 0 Å². The molecule has 4 nitrogen and oxygen atoms in total. The molecule has 0 amide bonds. The number of nitrogens with zero attached hydrogens (tertiary/aromatic N) is 3. The van der Waals surface area contributed by atoms with Crippen molar-refractivity contribution in [3.8, 4) is 0 Å². The second-order valence-electron chi connectivity index (χ2n) is 5.97. The molecule has 18 heavy (non-hydrogen) atoms.